The van der Waals surface area contributed by atoms with E-state index < -0.39 is 0 Å². The first-order chi connectivity index (χ1) is 10.8. The van der Waals surface area contributed by atoms with Gasteiger partial charge in [0.05, 0.1) is 17.9 Å². The second-order valence-electron chi connectivity index (χ2n) is 5.42. The van der Waals surface area contributed by atoms with Crippen molar-refractivity contribution in [2.45, 2.75) is 26.3 Å². The summed E-state index contributed by atoms with van der Waals surface area (Å²) in [6, 6.07) is 6.93. The lowest BCUT2D eigenvalue weighted by atomic mass is 10.2. The molecule has 0 radical (unpaired) electrons. The van der Waals surface area contributed by atoms with E-state index in [0.29, 0.717) is 17.8 Å². The maximum Gasteiger partial charge on any atom is 0.238 e. The van der Waals surface area contributed by atoms with Gasteiger partial charge in [0.1, 0.15) is 0 Å². The van der Waals surface area contributed by atoms with Crippen LogP contribution in [-0.2, 0) is 14.4 Å². The third kappa shape index (κ3) is 6.48. The van der Waals surface area contributed by atoms with E-state index in [2.05, 4.69) is 16.0 Å². The number of benzene rings is 1. The third-order valence-corrected chi connectivity index (χ3v) is 3.42. The van der Waals surface area contributed by atoms with Crippen molar-refractivity contribution in [3.8, 4) is 0 Å². The Balaban J connectivity index is 2.63. The number of rotatable bonds is 7. The Morgan fingerprint density at radius 1 is 1.09 bits per heavy atom. The summed E-state index contributed by atoms with van der Waals surface area (Å²) in [5.74, 6) is -0.488. The van der Waals surface area contributed by atoms with Crippen LogP contribution >= 0.6 is 0 Å². The van der Waals surface area contributed by atoms with Crippen LogP contribution in [0.4, 0.5) is 11.4 Å². The molecule has 0 aliphatic heterocycles. The van der Waals surface area contributed by atoms with Gasteiger partial charge in [0.2, 0.25) is 17.7 Å². The van der Waals surface area contributed by atoms with Crippen LogP contribution in [0.2, 0.25) is 0 Å². The van der Waals surface area contributed by atoms with Gasteiger partial charge in [0.25, 0.3) is 0 Å². The molecular formula is C16H24N4O3. The highest BCUT2D eigenvalue weighted by atomic mass is 16.2. The zero-order chi connectivity index (χ0) is 17.4. The van der Waals surface area contributed by atoms with E-state index in [1.165, 1.54) is 6.92 Å². The van der Waals surface area contributed by atoms with Crippen molar-refractivity contribution in [1.82, 2.24) is 10.2 Å². The Hall–Kier alpha value is -2.41. The molecule has 1 rings (SSSR count). The Morgan fingerprint density at radius 2 is 1.65 bits per heavy atom. The average molecular weight is 320 g/mol. The monoisotopic (exact) mass is 320 g/mol. The molecule has 0 aromatic heterocycles. The molecule has 1 aromatic carbocycles. The van der Waals surface area contributed by atoms with E-state index in [-0.39, 0.29) is 30.3 Å². The summed E-state index contributed by atoms with van der Waals surface area (Å²) in [6.45, 7) is 3.44. The molecule has 0 bridgehead atoms. The van der Waals surface area contributed by atoms with Crippen LogP contribution in [0.25, 0.3) is 0 Å². The molecule has 0 heterocycles. The molecule has 0 saturated heterocycles. The van der Waals surface area contributed by atoms with Crippen molar-refractivity contribution < 1.29 is 14.4 Å². The number of hydrogen-bond acceptors (Lipinski definition) is 4. The topological polar surface area (TPSA) is 90.5 Å². The highest BCUT2D eigenvalue weighted by molar-refractivity contribution is 5.99. The van der Waals surface area contributed by atoms with Gasteiger partial charge in [-0.3, -0.25) is 19.3 Å². The maximum atomic E-state index is 12.2. The van der Waals surface area contributed by atoms with Gasteiger partial charge in [-0.05, 0) is 26.1 Å². The standard InChI is InChI=1S/C16H24N4O3/c1-11(9-15(22)17-3)20(4)10-16(23)19-14-8-6-5-7-13(14)18-12(2)21/h5-8,11H,9-10H2,1-4H3,(H,17,22)(H,18,21)(H,19,23). The zero-order valence-electron chi connectivity index (χ0n) is 14.0. The molecule has 1 aromatic rings. The number of likely N-dealkylation sites (N-methyl/N-ethyl adjacent to an activating group) is 1. The first kappa shape index (κ1) is 18.6. The first-order valence-corrected chi connectivity index (χ1v) is 7.40. The van der Waals surface area contributed by atoms with Crippen LogP contribution in [0.1, 0.15) is 20.3 Å². The summed E-state index contributed by atoms with van der Waals surface area (Å²) >= 11 is 0. The van der Waals surface area contributed by atoms with Gasteiger partial charge in [0, 0.05) is 26.4 Å². The van der Waals surface area contributed by atoms with Gasteiger partial charge in [-0.15, -0.1) is 0 Å². The second kappa shape index (κ2) is 8.89. The summed E-state index contributed by atoms with van der Waals surface area (Å²) in [6.07, 6.45) is 0.322. The fourth-order valence-corrected chi connectivity index (χ4v) is 1.99. The lowest BCUT2D eigenvalue weighted by Crippen LogP contribution is -2.39. The Morgan fingerprint density at radius 3 is 2.17 bits per heavy atom. The molecule has 7 heteroatoms. The number of hydrogen-bond donors (Lipinski definition) is 3. The highest BCUT2D eigenvalue weighted by Crippen LogP contribution is 2.20. The number of amides is 3. The fraction of sp³-hybridized carbons (Fsp3) is 0.438. The molecule has 0 spiro atoms. The van der Waals surface area contributed by atoms with Crippen LogP contribution in [0.3, 0.4) is 0 Å². The molecule has 0 saturated carbocycles. The van der Waals surface area contributed by atoms with E-state index in [1.807, 2.05) is 6.92 Å². The molecule has 126 valence electrons. The minimum absolute atomic E-state index is 0.0636. The van der Waals surface area contributed by atoms with Crippen LogP contribution in [0.5, 0.6) is 0 Å². The molecule has 0 fully saturated rings. The van der Waals surface area contributed by atoms with E-state index in [9.17, 15) is 14.4 Å². The molecule has 3 N–H and O–H groups in total. The van der Waals surface area contributed by atoms with Crippen molar-refractivity contribution in [2.75, 3.05) is 31.3 Å². The van der Waals surface area contributed by atoms with Gasteiger partial charge < -0.3 is 16.0 Å². The molecule has 1 unspecified atom stereocenters. The fourth-order valence-electron chi connectivity index (χ4n) is 1.99. The van der Waals surface area contributed by atoms with Gasteiger partial charge in [0.15, 0.2) is 0 Å². The minimum atomic E-state index is -0.214. The third-order valence-electron chi connectivity index (χ3n) is 3.42. The van der Waals surface area contributed by atoms with Crippen LogP contribution in [-0.4, -0.2) is 49.3 Å². The quantitative estimate of drug-likeness (QED) is 0.700. The smallest absolute Gasteiger partial charge is 0.238 e. The number of para-hydroxylation sites is 2. The average Bonchev–Trinajstić information content (AvgIpc) is 2.48. The van der Waals surface area contributed by atoms with E-state index in [4.69, 9.17) is 0 Å². The Labute approximate surface area is 136 Å². The number of carbonyl (C=O) groups is 3. The molecule has 23 heavy (non-hydrogen) atoms. The molecular weight excluding hydrogens is 296 g/mol. The largest absolute Gasteiger partial charge is 0.359 e. The lowest BCUT2D eigenvalue weighted by molar-refractivity contribution is -0.123. The van der Waals surface area contributed by atoms with E-state index in [1.54, 1.807) is 43.3 Å². The highest BCUT2D eigenvalue weighted by Gasteiger charge is 2.16. The predicted molar refractivity (Wildman–Crippen MR) is 90.2 cm³/mol. The molecule has 3 amide bonds. The number of nitrogens with one attached hydrogen (secondary N) is 3. The SMILES string of the molecule is CNC(=O)CC(C)N(C)CC(=O)Nc1ccccc1NC(C)=O. The Kier molecular flexibility index (Phi) is 7.21. The van der Waals surface area contributed by atoms with Gasteiger partial charge in [-0.2, -0.15) is 0 Å². The second-order valence-corrected chi connectivity index (χ2v) is 5.42. The van der Waals surface area contributed by atoms with Gasteiger partial charge >= 0.3 is 0 Å². The summed E-state index contributed by atoms with van der Waals surface area (Å²) in [5.41, 5.74) is 1.09. The van der Waals surface area contributed by atoms with Crippen LogP contribution in [0.15, 0.2) is 24.3 Å². The normalized spacial score (nSPS) is 11.7. The maximum absolute atomic E-state index is 12.2. The summed E-state index contributed by atoms with van der Waals surface area (Å²) in [4.78, 5) is 36.5. The molecule has 1 atom stereocenters. The predicted octanol–water partition coefficient (Wildman–Crippen LogP) is 1.04. The molecule has 0 aliphatic carbocycles. The summed E-state index contributed by atoms with van der Waals surface area (Å²) in [7, 11) is 3.37. The van der Waals surface area contributed by atoms with Crippen molar-refractivity contribution >= 4 is 29.1 Å². The molecule has 7 nitrogen and oxygen atoms in total. The van der Waals surface area contributed by atoms with Crippen molar-refractivity contribution in [3.63, 3.8) is 0 Å². The minimum Gasteiger partial charge on any atom is -0.359 e. The van der Waals surface area contributed by atoms with E-state index >= 15 is 0 Å². The van der Waals surface area contributed by atoms with Gasteiger partial charge in [-0.25, -0.2) is 0 Å². The number of nitrogens with zero attached hydrogens (tertiary/aromatic N) is 1. The zero-order valence-corrected chi connectivity index (χ0v) is 14.0. The van der Waals surface area contributed by atoms with Crippen LogP contribution in [0, 0.1) is 0 Å². The number of anilines is 2. The Bertz CT molecular complexity index is 574. The summed E-state index contributed by atoms with van der Waals surface area (Å²) in [5, 5.41) is 8.00. The lowest BCUT2D eigenvalue weighted by Gasteiger charge is -2.23. The van der Waals surface area contributed by atoms with Crippen molar-refractivity contribution in [2.24, 2.45) is 0 Å². The van der Waals surface area contributed by atoms with Crippen LogP contribution < -0.4 is 16.0 Å². The van der Waals surface area contributed by atoms with E-state index in [0.717, 1.165) is 0 Å². The van der Waals surface area contributed by atoms with Crippen molar-refractivity contribution in [1.29, 1.82) is 0 Å². The van der Waals surface area contributed by atoms with Crippen molar-refractivity contribution in [3.05, 3.63) is 24.3 Å². The molecule has 0 aliphatic rings. The number of carbonyl (C=O) groups excluding carboxylic acids is 3. The van der Waals surface area contributed by atoms with Gasteiger partial charge in [-0.1, -0.05) is 12.1 Å². The summed E-state index contributed by atoms with van der Waals surface area (Å²) < 4.78 is 0. The first-order valence-electron chi connectivity index (χ1n) is 7.40.